The van der Waals surface area contributed by atoms with Crippen molar-refractivity contribution < 1.29 is 39.6 Å². The summed E-state index contributed by atoms with van der Waals surface area (Å²) in [7, 11) is -3.59. The van der Waals surface area contributed by atoms with Crippen LogP contribution in [0.15, 0.2) is 59.6 Å². The Morgan fingerprint density at radius 2 is 1.66 bits per heavy atom. The maximum absolute atomic E-state index is 13.5. The summed E-state index contributed by atoms with van der Waals surface area (Å²) in [5.74, 6) is -1.73. The van der Waals surface area contributed by atoms with Gasteiger partial charge in [0.2, 0.25) is 10.0 Å². The lowest BCUT2D eigenvalue weighted by molar-refractivity contribution is -0.143. The first kappa shape index (κ1) is 27.9. The van der Waals surface area contributed by atoms with Crippen molar-refractivity contribution in [1.82, 2.24) is 19.4 Å². The molecule has 1 fully saturated rings. The normalized spacial score (nSPS) is 19.1. The lowest BCUT2D eigenvalue weighted by Crippen LogP contribution is -2.40. The van der Waals surface area contributed by atoms with Gasteiger partial charge in [0.25, 0.3) is 5.91 Å². The van der Waals surface area contributed by atoms with E-state index < -0.39 is 73.5 Å². The maximum atomic E-state index is 13.5. The van der Waals surface area contributed by atoms with Gasteiger partial charge >= 0.3 is 12.4 Å². The number of carbonyl (C=O) groups excluding carboxylic acids is 1. The molecule has 2 heterocycles. The third-order valence-electron chi connectivity index (χ3n) is 6.06. The van der Waals surface area contributed by atoms with Crippen LogP contribution < -0.4 is 5.32 Å². The van der Waals surface area contributed by atoms with Gasteiger partial charge in [-0.1, -0.05) is 48.0 Å². The molecular formula is C23H19ClF6N4O3S. The Bertz CT molecular complexity index is 1460. The minimum atomic E-state index is -5.05. The molecule has 2 atom stereocenters. The summed E-state index contributed by atoms with van der Waals surface area (Å²) in [5.41, 5.74) is -2.73. The van der Waals surface area contributed by atoms with E-state index in [4.69, 9.17) is 11.6 Å². The van der Waals surface area contributed by atoms with Gasteiger partial charge in [-0.15, -0.1) is 0 Å². The molecule has 0 saturated carbocycles. The molecule has 0 unspecified atom stereocenters. The van der Waals surface area contributed by atoms with Crippen LogP contribution in [0.25, 0.3) is 0 Å². The summed E-state index contributed by atoms with van der Waals surface area (Å²) >= 11 is 5.87. The molecule has 0 aliphatic carbocycles. The van der Waals surface area contributed by atoms with Gasteiger partial charge in [0.05, 0.1) is 22.2 Å². The number of aryl methyl sites for hydroxylation is 1. The number of sulfonamides is 1. The zero-order valence-corrected chi connectivity index (χ0v) is 21.0. The maximum Gasteiger partial charge on any atom is 0.436 e. The third-order valence-corrected chi connectivity index (χ3v) is 8.30. The molecule has 7 nitrogen and oxygen atoms in total. The molecule has 0 bridgehead atoms. The quantitative estimate of drug-likeness (QED) is 0.444. The smallest absolute Gasteiger partial charge is 0.347 e. The summed E-state index contributed by atoms with van der Waals surface area (Å²) < 4.78 is 108. The Kier molecular flexibility index (Phi) is 7.27. The van der Waals surface area contributed by atoms with E-state index in [1.807, 2.05) is 0 Å². The summed E-state index contributed by atoms with van der Waals surface area (Å²) in [6, 6.07) is 10.1. The van der Waals surface area contributed by atoms with Crippen LogP contribution in [0.2, 0.25) is 5.02 Å². The molecule has 3 aromatic rings. The Hall–Kier alpha value is -3.10. The average Bonchev–Trinajstić information content (AvgIpc) is 3.43. The van der Waals surface area contributed by atoms with Crippen LogP contribution in [0.5, 0.6) is 0 Å². The van der Waals surface area contributed by atoms with Gasteiger partial charge in [-0.25, -0.2) is 8.42 Å². The van der Waals surface area contributed by atoms with Gasteiger partial charge in [0, 0.05) is 32.3 Å². The van der Waals surface area contributed by atoms with Crippen molar-refractivity contribution in [1.29, 1.82) is 0 Å². The van der Waals surface area contributed by atoms with Gasteiger partial charge in [0.15, 0.2) is 5.69 Å². The fourth-order valence-corrected chi connectivity index (χ4v) is 6.31. The highest BCUT2D eigenvalue weighted by Gasteiger charge is 2.46. The number of nitrogens with zero attached hydrogens (tertiary/aromatic N) is 3. The van der Waals surface area contributed by atoms with Crippen molar-refractivity contribution in [2.75, 3.05) is 13.1 Å². The SMILES string of the molecule is Cn1cc(S(=O)(=O)N2C[C@H](NC(=O)c3cccc(C(F)(F)F)c3Cl)[C@@H](c3ccccc3)C2)c(C(F)(F)F)n1. The number of rotatable bonds is 5. The summed E-state index contributed by atoms with van der Waals surface area (Å²) in [5, 5.41) is 4.95. The number of alkyl halides is 6. The Labute approximate surface area is 218 Å². The molecule has 1 aromatic heterocycles. The minimum Gasteiger partial charge on any atom is -0.347 e. The number of amides is 1. The topological polar surface area (TPSA) is 84.3 Å². The summed E-state index contributed by atoms with van der Waals surface area (Å²) in [6.07, 6.45) is -9.13. The number of hydrogen-bond donors (Lipinski definition) is 1. The molecule has 1 aliphatic rings. The molecule has 1 amide bonds. The molecule has 1 saturated heterocycles. The van der Waals surface area contributed by atoms with Crippen LogP contribution >= 0.6 is 11.6 Å². The van der Waals surface area contributed by atoms with E-state index in [1.165, 1.54) is 0 Å². The predicted octanol–water partition coefficient (Wildman–Crippen LogP) is 4.70. The van der Waals surface area contributed by atoms with E-state index in [2.05, 4.69) is 10.4 Å². The third kappa shape index (κ3) is 5.38. The standard InChI is InChI=1S/C23H19ClF6N4O3S/c1-33-12-18(20(32-33)23(28,29)30)38(36,37)34-10-15(13-6-3-2-4-7-13)17(11-34)31-21(35)14-8-5-9-16(19(14)24)22(25,26)27/h2-9,12,15,17H,10-11H2,1H3,(H,31,35)/t15-,17+/m1/s1. The van der Waals surface area contributed by atoms with Gasteiger partial charge < -0.3 is 5.32 Å². The highest BCUT2D eigenvalue weighted by molar-refractivity contribution is 7.89. The molecule has 1 N–H and O–H groups in total. The fourth-order valence-electron chi connectivity index (χ4n) is 4.31. The van der Waals surface area contributed by atoms with E-state index >= 15 is 0 Å². The van der Waals surface area contributed by atoms with Crippen LogP contribution in [0, 0.1) is 0 Å². The molecule has 2 aromatic carbocycles. The molecule has 1 aliphatic heterocycles. The van der Waals surface area contributed by atoms with Gasteiger partial charge in [-0.3, -0.25) is 9.48 Å². The van der Waals surface area contributed by atoms with Crippen molar-refractivity contribution in [2.24, 2.45) is 7.05 Å². The first-order chi connectivity index (χ1) is 17.6. The average molecular weight is 581 g/mol. The van der Waals surface area contributed by atoms with Crippen molar-refractivity contribution >= 4 is 27.5 Å². The summed E-state index contributed by atoms with van der Waals surface area (Å²) in [4.78, 5) is 12.0. The number of carbonyl (C=O) groups is 1. The number of hydrogen-bond acceptors (Lipinski definition) is 4. The van der Waals surface area contributed by atoms with E-state index in [0.717, 1.165) is 34.4 Å². The monoisotopic (exact) mass is 580 g/mol. The van der Waals surface area contributed by atoms with Crippen molar-refractivity contribution in [2.45, 2.75) is 29.2 Å². The molecule has 38 heavy (non-hydrogen) atoms. The number of nitrogens with one attached hydrogen (secondary N) is 1. The van der Waals surface area contributed by atoms with E-state index in [0.29, 0.717) is 11.6 Å². The highest BCUT2D eigenvalue weighted by Crippen LogP contribution is 2.38. The van der Waals surface area contributed by atoms with E-state index in [1.54, 1.807) is 30.3 Å². The van der Waals surface area contributed by atoms with Gasteiger partial charge in [0.1, 0.15) is 4.90 Å². The fraction of sp³-hybridized carbons (Fsp3) is 0.304. The number of halogens is 7. The summed E-state index contributed by atoms with van der Waals surface area (Å²) in [6.45, 7) is -0.754. The number of aromatic nitrogens is 2. The van der Waals surface area contributed by atoms with Gasteiger partial charge in [-0.2, -0.15) is 35.7 Å². The molecule has 4 rings (SSSR count). The second-order valence-corrected chi connectivity index (χ2v) is 10.9. The Balaban J connectivity index is 1.69. The van der Waals surface area contributed by atoms with Crippen LogP contribution in [0.4, 0.5) is 26.3 Å². The van der Waals surface area contributed by atoms with Crippen LogP contribution in [0.3, 0.4) is 0 Å². The molecular weight excluding hydrogens is 562 g/mol. The van der Waals surface area contributed by atoms with E-state index in [-0.39, 0.29) is 6.54 Å². The molecule has 0 spiro atoms. The zero-order valence-electron chi connectivity index (χ0n) is 19.4. The lowest BCUT2D eigenvalue weighted by Gasteiger charge is -2.21. The molecule has 15 heteroatoms. The van der Waals surface area contributed by atoms with Crippen LogP contribution in [0.1, 0.15) is 33.1 Å². The van der Waals surface area contributed by atoms with Crippen molar-refractivity contribution in [3.05, 3.63) is 82.1 Å². The highest BCUT2D eigenvalue weighted by atomic mass is 35.5. The second-order valence-electron chi connectivity index (χ2n) is 8.60. The minimum absolute atomic E-state index is 0.306. The van der Waals surface area contributed by atoms with E-state index in [9.17, 15) is 39.6 Å². The largest absolute Gasteiger partial charge is 0.436 e. The van der Waals surface area contributed by atoms with Crippen LogP contribution in [-0.2, 0) is 29.4 Å². The van der Waals surface area contributed by atoms with Crippen LogP contribution in [-0.4, -0.2) is 47.5 Å². The first-order valence-corrected chi connectivity index (χ1v) is 12.7. The number of benzene rings is 2. The zero-order chi connectivity index (χ0) is 28.0. The first-order valence-electron chi connectivity index (χ1n) is 10.9. The Morgan fingerprint density at radius 3 is 2.26 bits per heavy atom. The second kappa shape index (κ2) is 9.89. The molecule has 204 valence electrons. The molecule has 0 radical (unpaired) electrons. The van der Waals surface area contributed by atoms with Crippen molar-refractivity contribution in [3.63, 3.8) is 0 Å². The lowest BCUT2D eigenvalue weighted by atomic mass is 9.94. The van der Waals surface area contributed by atoms with Gasteiger partial charge in [-0.05, 0) is 17.7 Å². The van der Waals surface area contributed by atoms with Crippen molar-refractivity contribution in [3.8, 4) is 0 Å². The predicted molar refractivity (Wildman–Crippen MR) is 124 cm³/mol. The Morgan fingerprint density at radius 1 is 1.00 bits per heavy atom.